The Morgan fingerprint density at radius 2 is 1.97 bits per heavy atom. The summed E-state index contributed by atoms with van der Waals surface area (Å²) in [5, 5.41) is 13.8. The minimum absolute atomic E-state index is 0.136. The van der Waals surface area contributed by atoms with E-state index >= 15 is 0 Å². The largest absolute Gasteiger partial charge is 0.486 e. The number of nitro benzene ring substituents is 1. The second-order valence-electron chi connectivity index (χ2n) is 7.41. The summed E-state index contributed by atoms with van der Waals surface area (Å²) in [6, 6.07) is 10.3. The molecule has 0 saturated carbocycles. The maximum atomic E-state index is 13.4. The van der Waals surface area contributed by atoms with Crippen LogP contribution < -0.4 is 14.8 Å². The zero-order valence-electron chi connectivity index (χ0n) is 18.6. The summed E-state index contributed by atoms with van der Waals surface area (Å²) in [7, 11) is 0. The fourth-order valence-corrected chi connectivity index (χ4v) is 4.00. The zero-order chi connectivity index (χ0) is 23.8. The maximum Gasteiger partial charge on any atom is 0.270 e. The van der Waals surface area contributed by atoms with Gasteiger partial charge in [-0.25, -0.2) is 0 Å². The number of ether oxygens (including phenoxy) is 2. The summed E-state index contributed by atoms with van der Waals surface area (Å²) >= 11 is 1.57. The molecule has 0 spiro atoms. The third kappa shape index (κ3) is 6.16. The number of thioether (sulfide) groups is 1. The smallest absolute Gasteiger partial charge is 0.270 e. The highest BCUT2D eigenvalue weighted by molar-refractivity contribution is 7.98. The number of hydrogen-bond donors (Lipinski definition) is 1. The van der Waals surface area contributed by atoms with Crippen LogP contribution in [-0.4, -0.2) is 59.4 Å². The number of hydrogen-bond acceptors (Lipinski definition) is 7. The second kappa shape index (κ2) is 11.6. The number of rotatable bonds is 10. The van der Waals surface area contributed by atoms with E-state index < -0.39 is 16.9 Å². The van der Waals surface area contributed by atoms with E-state index in [0.29, 0.717) is 50.0 Å². The van der Waals surface area contributed by atoms with Gasteiger partial charge >= 0.3 is 0 Å². The van der Waals surface area contributed by atoms with Crippen molar-refractivity contribution in [3.8, 4) is 11.5 Å². The van der Waals surface area contributed by atoms with Crippen molar-refractivity contribution in [3.63, 3.8) is 0 Å². The first-order valence-electron chi connectivity index (χ1n) is 10.6. The first kappa shape index (κ1) is 24.4. The molecule has 0 aliphatic carbocycles. The van der Waals surface area contributed by atoms with Crippen LogP contribution in [0.15, 0.2) is 42.5 Å². The molecule has 2 aromatic carbocycles. The van der Waals surface area contributed by atoms with Crippen molar-refractivity contribution in [2.45, 2.75) is 25.9 Å². The average Bonchev–Trinajstić information content (AvgIpc) is 2.84. The Bertz CT molecular complexity index is 1020. The van der Waals surface area contributed by atoms with Gasteiger partial charge in [-0.15, -0.1) is 0 Å². The number of para-hydroxylation sites is 1. The van der Waals surface area contributed by atoms with Gasteiger partial charge in [-0.2, -0.15) is 11.8 Å². The van der Waals surface area contributed by atoms with Crippen LogP contribution in [0.3, 0.4) is 0 Å². The van der Waals surface area contributed by atoms with E-state index in [1.54, 1.807) is 16.7 Å². The Morgan fingerprint density at radius 3 is 2.70 bits per heavy atom. The predicted molar refractivity (Wildman–Crippen MR) is 126 cm³/mol. The van der Waals surface area contributed by atoms with Crippen molar-refractivity contribution in [1.82, 2.24) is 10.2 Å². The Labute approximate surface area is 196 Å². The number of amides is 2. The molecule has 0 radical (unpaired) electrons. The first-order valence-corrected chi connectivity index (χ1v) is 12.0. The molecule has 33 heavy (non-hydrogen) atoms. The molecule has 0 bridgehead atoms. The molecule has 9 nitrogen and oxygen atoms in total. The molecular weight excluding hydrogens is 446 g/mol. The Hall–Kier alpha value is -3.27. The van der Waals surface area contributed by atoms with E-state index in [1.165, 1.54) is 24.3 Å². The fourth-order valence-electron chi connectivity index (χ4n) is 3.53. The van der Waals surface area contributed by atoms with Gasteiger partial charge in [0.15, 0.2) is 11.5 Å². The van der Waals surface area contributed by atoms with Crippen LogP contribution in [0.1, 0.15) is 29.3 Å². The van der Waals surface area contributed by atoms with Crippen molar-refractivity contribution in [2.24, 2.45) is 0 Å². The van der Waals surface area contributed by atoms with Gasteiger partial charge in [0.05, 0.1) is 4.92 Å². The second-order valence-corrected chi connectivity index (χ2v) is 8.39. The third-order valence-electron chi connectivity index (χ3n) is 5.24. The molecule has 2 aromatic rings. The van der Waals surface area contributed by atoms with E-state index in [4.69, 9.17) is 9.47 Å². The molecule has 1 aliphatic heterocycles. The van der Waals surface area contributed by atoms with Gasteiger partial charge in [-0.1, -0.05) is 18.2 Å². The molecule has 1 N–H and O–H groups in total. The third-order valence-corrected chi connectivity index (χ3v) is 5.88. The van der Waals surface area contributed by atoms with Crippen molar-refractivity contribution < 1.29 is 24.0 Å². The highest BCUT2D eigenvalue weighted by Crippen LogP contribution is 2.34. The number of benzene rings is 2. The van der Waals surface area contributed by atoms with Gasteiger partial charge < -0.3 is 19.7 Å². The SMILES string of the molecule is CCN(Cc1cccc2c1OCCO2)C(=O)C(CCSC)NC(=O)c1cccc([N+](=O)[O-])c1. The Balaban J connectivity index is 1.78. The van der Waals surface area contributed by atoms with Crippen LogP contribution in [0.4, 0.5) is 5.69 Å². The van der Waals surface area contributed by atoms with Crippen LogP contribution in [0, 0.1) is 10.1 Å². The molecule has 1 heterocycles. The number of nitrogens with one attached hydrogen (secondary N) is 1. The number of carbonyl (C=O) groups excluding carboxylic acids is 2. The quantitative estimate of drug-likeness (QED) is 0.416. The molecule has 1 aliphatic rings. The highest BCUT2D eigenvalue weighted by Gasteiger charge is 2.27. The maximum absolute atomic E-state index is 13.4. The number of nitro groups is 1. The molecule has 0 fully saturated rings. The van der Waals surface area contributed by atoms with Crippen LogP contribution in [0.2, 0.25) is 0 Å². The molecule has 1 atom stereocenters. The lowest BCUT2D eigenvalue weighted by molar-refractivity contribution is -0.384. The summed E-state index contributed by atoms with van der Waals surface area (Å²) in [5.41, 5.74) is 0.786. The van der Waals surface area contributed by atoms with Crippen LogP contribution in [0.5, 0.6) is 11.5 Å². The lowest BCUT2D eigenvalue weighted by Gasteiger charge is -2.29. The Kier molecular flexibility index (Phi) is 8.53. The lowest BCUT2D eigenvalue weighted by Crippen LogP contribution is -2.48. The highest BCUT2D eigenvalue weighted by atomic mass is 32.2. The van der Waals surface area contributed by atoms with E-state index in [2.05, 4.69) is 5.32 Å². The van der Waals surface area contributed by atoms with Gasteiger partial charge in [0.2, 0.25) is 5.91 Å². The van der Waals surface area contributed by atoms with Gasteiger partial charge in [-0.3, -0.25) is 19.7 Å². The minimum Gasteiger partial charge on any atom is -0.486 e. The van der Waals surface area contributed by atoms with E-state index in [9.17, 15) is 19.7 Å². The summed E-state index contributed by atoms with van der Waals surface area (Å²) < 4.78 is 11.4. The molecule has 0 saturated heterocycles. The van der Waals surface area contributed by atoms with E-state index in [1.807, 2.05) is 31.4 Å². The van der Waals surface area contributed by atoms with Gasteiger partial charge in [-0.05, 0) is 37.5 Å². The summed E-state index contributed by atoms with van der Waals surface area (Å²) in [6.07, 6.45) is 2.36. The zero-order valence-corrected chi connectivity index (χ0v) is 19.4. The van der Waals surface area contributed by atoms with Gasteiger partial charge in [0, 0.05) is 36.3 Å². The lowest BCUT2D eigenvalue weighted by atomic mass is 10.1. The average molecular weight is 474 g/mol. The summed E-state index contributed by atoms with van der Waals surface area (Å²) in [6.45, 7) is 3.54. The van der Waals surface area contributed by atoms with Crippen LogP contribution in [0.25, 0.3) is 0 Å². The molecular formula is C23H27N3O6S. The summed E-state index contributed by atoms with van der Waals surface area (Å²) in [5.74, 6) is 1.21. The number of nitrogens with zero attached hydrogens (tertiary/aromatic N) is 2. The standard InChI is InChI=1S/C23H27N3O6S/c1-3-25(15-17-7-5-9-20-21(17)32-12-11-31-20)23(28)19(10-13-33-2)24-22(27)16-6-4-8-18(14-16)26(29)30/h4-9,14,19H,3,10-13,15H2,1-2H3,(H,24,27). The van der Waals surface area contributed by atoms with Crippen LogP contribution >= 0.6 is 11.8 Å². The monoisotopic (exact) mass is 473 g/mol. The van der Waals surface area contributed by atoms with Gasteiger partial charge in [0.1, 0.15) is 19.3 Å². The summed E-state index contributed by atoms with van der Waals surface area (Å²) in [4.78, 5) is 38.4. The Morgan fingerprint density at radius 1 is 1.21 bits per heavy atom. The number of fused-ring (bicyclic) bond motifs is 1. The fraction of sp³-hybridized carbons (Fsp3) is 0.391. The predicted octanol–water partition coefficient (Wildman–Crippen LogP) is 3.27. The first-order chi connectivity index (χ1) is 15.9. The van der Waals surface area contributed by atoms with Crippen molar-refractivity contribution in [2.75, 3.05) is 31.8 Å². The molecule has 0 aromatic heterocycles. The molecule has 176 valence electrons. The number of likely N-dealkylation sites (N-methyl/N-ethyl adjacent to an activating group) is 1. The minimum atomic E-state index is -0.763. The van der Waals surface area contributed by atoms with Crippen molar-refractivity contribution >= 4 is 29.3 Å². The van der Waals surface area contributed by atoms with Crippen molar-refractivity contribution in [3.05, 3.63) is 63.7 Å². The van der Waals surface area contributed by atoms with E-state index in [-0.39, 0.29) is 17.2 Å². The molecule has 3 rings (SSSR count). The molecule has 10 heteroatoms. The van der Waals surface area contributed by atoms with Gasteiger partial charge in [0.25, 0.3) is 11.6 Å². The van der Waals surface area contributed by atoms with E-state index in [0.717, 1.165) is 5.56 Å². The molecule has 2 amide bonds. The van der Waals surface area contributed by atoms with Crippen molar-refractivity contribution in [1.29, 1.82) is 0 Å². The topological polar surface area (TPSA) is 111 Å². The number of carbonyl (C=O) groups is 2. The van der Waals surface area contributed by atoms with Crippen LogP contribution in [-0.2, 0) is 11.3 Å². The number of non-ortho nitro benzene ring substituents is 1. The normalized spacial score (nSPS) is 13.2. The molecule has 1 unspecified atom stereocenters.